The standard InChI is InChI=1S/C20H23F3N6O3S/c21-20(22,23)33(31,32)16-2-1-15(24-8-16)5-13-6-19(7-13)10-29(11-19)18(30)28-4-3-14(9-28)17-25-12-26-27-17/h1-2,8,12-14H,3-7,9-11H2,(H,25,26,27)/t14-/m0/s1. The number of carbonyl (C=O) groups excluding carboxylic acids is 1. The highest BCUT2D eigenvalue weighted by atomic mass is 32.2. The quantitative estimate of drug-likeness (QED) is 0.713. The molecule has 0 bridgehead atoms. The van der Waals surface area contributed by atoms with Crippen molar-refractivity contribution in [2.75, 3.05) is 26.2 Å². The highest BCUT2D eigenvalue weighted by Crippen LogP contribution is 2.53. The van der Waals surface area contributed by atoms with E-state index >= 15 is 0 Å². The maximum Gasteiger partial charge on any atom is 0.501 e. The number of urea groups is 1. The van der Waals surface area contributed by atoms with Crippen LogP contribution in [0.25, 0.3) is 0 Å². The third kappa shape index (κ3) is 3.96. The van der Waals surface area contributed by atoms with Crippen LogP contribution in [0, 0.1) is 11.3 Å². The fourth-order valence-corrected chi connectivity index (χ4v) is 6.06. The number of aromatic amines is 1. The summed E-state index contributed by atoms with van der Waals surface area (Å²) < 4.78 is 60.8. The fraction of sp³-hybridized carbons (Fsp3) is 0.600. The van der Waals surface area contributed by atoms with Crippen LogP contribution in [0.2, 0.25) is 0 Å². The second-order valence-electron chi connectivity index (χ2n) is 9.35. The molecule has 4 heterocycles. The SMILES string of the molecule is O=C(N1CC[C@H](c2ncn[nH]2)C1)N1CC2(CC(Cc3ccc(S(=O)(=O)C(F)(F)F)cn3)C2)C1. The van der Waals surface area contributed by atoms with Crippen molar-refractivity contribution in [1.29, 1.82) is 0 Å². The van der Waals surface area contributed by atoms with Crippen molar-refractivity contribution in [2.24, 2.45) is 11.3 Å². The second kappa shape index (κ2) is 7.67. The third-order valence-corrected chi connectivity index (χ3v) is 8.43. The number of sulfone groups is 1. The molecule has 0 radical (unpaired) electrons. The average molecular weight is 485 g/mol. The largest absolute Gasteiger partial charge is 0.501 e. The predicted molar refractivity (Wildman–Crippen MR) is 109 cm³/mol. The third-order valence-electron chi connectivity index (χ3n) is 6.96. The van der Waals surface area contributed by atoms with Crippen LogP contribution in [0.3, 0.4) is 0 Å². The van der Waals surface area contributed by atoms with E-state index in [-0.39, 0.29) is 17.4 Å². The first-order valence-electron chi connectivity index (χ1n) is 10.7. The number of likely N-dealkylation sites (tertiary alicyclic amines) is 2. The van der Waals surface area contributed by atoms with E-state index in [1.165, 1.54) is 12.4 Å². The van der Waals surface area contributed by atoms with Gasteiger partial charge in [-0.3, -0.25) is 10.1 Å². The number of nitrogens with zero attached hydrogens (tertiary/aromatic N) is 5. The Bertz CT molecular complexity index is 1120. The van der Waals surface area contributed by atoms with E-state index < -0.39 is 20.2 Å². The van der Waals surface area contributed by atoms with Gasteiger partial charge in [-0.2, -0.15) is 18.3 Å². The fourth-order valence-electron chi connectivity index (χ4n) is 5.36. The number of alkyl halides is 3. The van der Waals surface area contributed by atoms with Gasteiger partial charge in [0.1, 0.15) is 12.2 Å². The maximum atomic E-state index is 12.8. The lowest BCUT2D eigenvalue weighted by atomic mass is 9.57. The molecule has 2 saturated heterocycles. The molecular weight excluding hydrogens is 461 g/mol. The van der Waals surface area contributed by atoms with Gasteiger partial charge in [-0.15, -0.1) is 0 Å². The number of hydrogen-bond donors (Lipinski definition) is 1. The van der Waals surface area contributed by atoms with Gasteiger partial charge >= 0.3 is 11.5 Å². The summed E-state index contributed by atoms with van der Waals surface area (Å²) in [5.74, 6) is 1.32. The van der Waals surface area contributed by atoms with Crippen LogP contribution in [0.5, 0.6) is 0 Å². The lowest BCUT2D eigenvalue weighted by Gasteiger charge is -2.59. The van der Waals surface area contributed by atoms with E-state index in [2.05, 4.69) is 20.2 Å². The average Bonchev–Trinajstić information content (AvgIpc) is 3.39. The molecule has 2 amide bonds. The minimum atomic E-state index is -5.38. The highest BCUT2D eigenvalue weighted by molar-refractivity contribution is 7.92. The van der Waals surface area contributed by atoms with Crippen LogP contribution in [-0.4, -0.2) is 76.1 Å². The van der Waals surface area contributed by atoms with Gasteiger partial charge in [0, 0.05) is 49.4 Å². The van der Waals surface area contributed by atoms with Crippen LogP contribution in [-0.2, 0) is 16.3 Å². The molecule has 1 N–H and O–H groups in total. The molecule has 1 atom stereocenters. The number of rotatable bonds is 4. The van der Waals surface area contributed by atoms with Crippen LogP contribution in [0.4, 0.5) is 18.0 Å². The van der Waals surface area contributed by atoms with Crippen LogP contribution >= 0.6 is 0 Å². The Morgan fingerprint density at radius 2 is 1.94 bits per heavy atom. The lowest BCUT2D eigenvalue weighted by molar-refractivity contribution is -0.0756. The lowest BCUT2D eigenvalue weighted by Crippen LogP contribution is -2.65. The van der Waals surface area contributed by atoms with Gasteiger partial charge in [0.05, 0.1) is 4.90 Å². The Morgan fingerprint density at radius 1 is 1.18 bits per heavy atom. The van der Waals surface area contributed by atoms with E-state index in [0.29, 0.717) is 44.2 Å². The molecular formula is C20H23F3N6O3S. The zero-order chi connectivity index (χ0) is 23.4. The molecule has 0 aromatic carbocycles. The van der Waals surface area contributed by atoms with E-state index in [1.54, 1.807) is 0 Å². The van der Waals surface area contributed by atoms with E-state index in [0.717, 1.165) is 37.4 Å². The Morgan fingerprint density at radius 3 is 2.55 bits per heavy atom. The summed E-state index contributed by atoms with van der Waals surface area (Å²) in [7, 11) is -5.38. The minimum Gasteiger partial charge on any atom is -0.324 e. The van der Waals surface area contributed by atoms with Crippen molar-refractivity contribution >= 4 is 15.9 Å². The Balaban J connectivity index is 1.09. The zero-order valence-electron chi connectivity index (χ0n) is 17.6. The Kier molecular flexibility index (Phi) is 5.14. The van der Waals surface area contributed by atoms with Gasteiger partial charge < -0.3 is 9.80 Å². The molecule has 3 aliphatic rings. The molecule has 13 heteroatoms. The minimum absolute atomic E-state index is 0.0502. The smallest absolute Gasteiger partial charge is 0.324 e. The molecule has 1 aliphatic carbocycles. The number of pyridine rings is 1. The number of aromatic nitrogens is 4. The van der Waals surface area contributed by atoms with Crippen molar-refractivity contribution in [3.05, 3.63) is 36.2 Å². The highest BCUT2D eigenvalue weighted by Gasteiger charge is 2.54. The van der Waals surface area contributed by atoms with E-state index in [9.17, 15) is 26.4 Å². The van der Waals surface area contributed by atoms with Gasteiger partial charge in [-0.25, -0.2) is 18.2 Å². The summed E-state index contributed by atoms with van der Waals surface area (Å²) in [6, 6.07) is 2.36. The first-order valence-corrected chi connectivity index (χ1v) is 12.2. The normalized spacial score (nSPS) is 22.9. The number of halogens is 3. The first kappa shape index (κ1) is 22.1. The van der Waals surface area contributed by atoms with Crippen LogP contribution < -0.4 is 0 Å². The first-order chi connectivity index (χ1) is 15.6. The molecule has 9 nitrogen and oxygen atoms in total. The summed E-state index contributed by atoms with van der Waals surface area (Å²) in [4.78, 5) is 23.8. The molecule has 2 aromatic heterocycles. The molecule has 33 heavy (non-hydrogen) atoms. The molecule has 1 saturated carbocycles. The van der Waals surface area contributed by atoms with E-state index in [4.69, 9.17) is 0 Å². The van der Waals surface area contributed by atoms with Crippen molar-refractivity contribution in [2.45, 2.75) is 42.0 Å². The molecule has 5 rings (SSSR count). The van der Waals surface area contributed by atoms with Crippen LogP contribution in [0.15, 0.2) is 29.6 Å². The monoisotopic (exact) mass is 484 g/mol. The van der Waals surface area contributed by atoms with Gasteiger partial charge in [0.2, 0.25) is 0 Å². The zero-order valence-corrected chi connectivity index (χ0v) is 18.4. The topological polar surface area (TPSA) is 112 Å². The predicted octanol–water partition coefficient (Wildman–Crippen LogP) is 2.36. The molecule has 1 spiro atoms. The van der Waals surface area contributed by atoms with Crippen molar-refractivity contribution < 1.29 is 26.4 Å². The van der Waals surface area contributed by atoms with Crippen molar-refractivity contribution in [3.63, 3.8) is 0 Å². The Hall–Kier alpha value is -2.70. The second-order valence-corrected chi connectivity index (χ2v) is 11.3. The molecule has 3 fully saturated rings. The van der Waals surface area contributed by atoms with Gasteiger partial charge in [-0.1, -0.05) is 0 Å². The number of amides is 2. The number of H-pyrrole nitrogens is 1. The molecule has 2 aliphatic heterocycles. The Labute approximate surface area is 188 Å². The maximum absolute atomic E-state index is 12.8. The summed E-state index contributed by atoms with van der Waals surface area (Å²) >= 11 is 0. The van der Waals surface area contributed by atoms with Crippen LogP contribution in [0.1, 0.15) is 36.7 Å². The van der Waals surface area contributed by atoms with Gasteiger partial charge in [-0.05, 0) is 43.7 Å². The van der Waals surface area contributed by atoms with E-state index in [1.807, 2.05) is 9.80 Å². The summed E-state index contributed by atoms with van der Waals surface area (Å²) in [6.07, 6.45) is 5.52. The van der Waals surface area contributed by atoms with Crippen molar-refractivity contribution in [1.82, 2.24) is 30.0 Å². The number of nitrogens with one attached hydrogen (secondary N) is 1. The number of carbonyl (C=O) groups is 1. The number of hydrogen-bond acceptors (Lipinski definition) is 6. The molecule has 178 valence electrons. The molecule has 0 unspecified atom stereocenters. The van der Waals surface area contributed by atoms with Gasteiger partial charge in [0.15, 0.2) is 0 Å². The van der Waals surface area contributed by atoms with Crippen molar-refractivity contribution in [3.8, 4) is 0 Å². The summed E-state index contributed by atoms with van der Waals surface area (Å²) in [5.41, 5.74) is -4.65. The van der Waals surface area contributed by atoms with Gasteiger partial charge in [0.25, 0.3) is 9.84 Å². The molecule has 2 aromatic rings. The summed E-state index contributed by atoms with van der Waals surface area (Å²) in [6.45, 7) is 2.75. The summed E-state index contributed by atoms with van der Waals surface area (Å²) in [5, 5.41) is 6.74.